The highest BCUT2D eigenvalue weighted by molar-refractivity contribution is 7.89. The van der Waals surface area contributed by atoms with E-state index in [0.717, 1.165) is 24.0 Å². The van der Waals surface area contributed by atoms with E-state index in [-0.39, 0.29) is 5.41 Å². The molecule has 1 aliphatic rings. The number of hydrogen-bond donors (Lipinski definition) is 2. The lowest BCUT2D eigenvalue weighted by Gasteiger charge is -2.20. The van der Waals surface area contributed by atoms with Gasteiger partial charge in [0.05, 0.1) is 4.90 Å². The van der Waals surface area contributed by atoms with Crippen LogP contribution >= 0.6 is 0 Å². The summed E-state index contributed by atoms with van der Waals surface area (Å²) in [5.41, 5.74) is 7.66. The van der Waals surface area contributed by atoms with Crippen molar-refractivity contribution in [3.05, 3.63) is 29.3 Å². The molecule has 0 radical (unpaired) electrons. The lowest BCUT2D eigenvalue weighted by molar-refractivity contribution is 0.357. The van der Waals surface area contributed by atoms with Gasteiger partial charge in [-0.15, -0.1) is 0 Å². The largest absolute Gasteiger partial charge is 0.326 e. The number of benzene rings is 1. The topological polar surface area (TPSA) is 72.2 Å². The Labute approximate surface area is 121 Å². The summed E-state index contributed by atoms with van der Waals surface area (Å²) in [6.45, 7) is 7.15. The average molecular weight is 296 g/mol. The fourth-order valence-electron chi connectivity index (χ4n) is 2.51. The zero-order chi connectivity index (χ0) is 15.0. The predicted octanol–water partition coefficient (Wildman–Crippen LogP) is 2.17. The van der Waals surface area contributed by atoms with E-state index in [2.05, 4.69) is 18.6 Å². The van der Waals surface area contributed by atoms with Gasteiger partial charge in [-0.3, -0.25) is 0 Å². The minimum Gasteiger partial charge on any atom is -0.326 e. The van der Waals surface area contributed by atoms with Crippen LogP contribution in [-0.2, 0) is 16.6 Å². The van der Waals surface area contributed by atoms with Crippen molar-refractivity contribution >= 4 is 10.0 Å². The fraction of sp³-hybridized carbons (Fsp3) is 0.600. The van der Waals surface area contributed by atoms with Crippen LogP contribution in [0.25, 0.3) is 0 Å². The van der Waals surface area contributed by atoms with Gasteiger partial charge >= 0.3 is 0 Å². The van der Waals surface area contributed by atoms with E-state index in [4.69, 9.17) is 5.73 Å². The molecule has 0 heterocycles. The zero-order valence-corrected chi connectivity index (χ0v) is 13.3. The third-order valence-electron chi connectivity index (χ3n) is 4.58. The van der Waals surface area contributed by atoms with E-state index in [1.807, 2.05) is 6.92 Å². The van der Waals surface area contributed by atoms with E-state index in [1.165, 1.54) is 0 Å². The fourth-order valence-corrected chi connectivity index (χ4v) is 3.73. The number of nitrogens with one attached hydrogen (secondary N) is 1. The normalized spacial score (nSPS) is 17.4. The van der Waals surface area contributed by atoms with E-state index < -0.39 is 10.0 Å². The smallest absolute Gasteiger partial charge is 0.240 e. The van der Waals surface area contributed by atoms with Crippen molar-refractivity contribution in [3.8, 4) is 0 Å². The second kappa shape index (κ2) is 5.47. The molecule has 5 heteroatoms. The number of hydrogen-bond acceptors (Lipinski definition) is 3. The van der Waals surface area contributed by atoms with Gasteiger partial charge in [-0.25, -0.2) is 13.1 Å². The van der Waals surface area contributed by atoms with Gasteiger partial charge in [-0.1, -0.05) is 19.9 Å². The Balaban J connectivity index is 2.13. The third kappa shape index (κ3) is 3.05. The molecule has 0 spiro atoms. The second-order valence-corrected chi connectivity index (χ2v) is 7.90. The van der Waals surface area contributed by atoms with Gasteiger partial charge in [-0.05, 0) is 54.4 Å². The van der Waals surface area contributed by atoms with Crippen molar-refractivity contribution in [2.45, 2.75) is 45.1 Å². The van der Waals surface area contributed by atoms with Crippen molar-refractivity contribution in [2.75, 3.05) is 6.54 Å². The molecule has 0 saturated heterocycles. The Morgan fingerprint density at radius 2 is 2.00 bits per heavy atom. The van der Waals surface area contributed by atoms with Gasteiger partial charge in [0.2, 0.25) is 10.0 Å². The molecule has 1 saturated carbocycles. The molecule has 1 fully saturated rings. The van der Waals surface area contributed by atoms with E-state index in [9.17, 15) is 8.42 Å². The van der Waals surface area contributed by atoms with Crippen molar-refractivity contribution < 1.29 is 8.42 Å². The standard InChI is InChI=1S/C15H24N2O2S/c1-11(2)15(6-7-15)10-17-20(18,19)14-5-4-13(9-16)12(3)8-14/h4-5,8,11,17H,6-7,9-10,16H2,1-3H3. The number of nitrogens with two attached hydrogens (primary N) is 1. The molecule has 112 valence electrons. The molecule has 20 heavy (non-hydrogen) atoms. The Morgan fingerprint density at radius 3 is 2.45 bits per heavy atom. The summed E-state index contributed by atoms with van der Waals surface area (Å²) in [5.74, 6) is 0.506. The third-order valence-corrected chi connectivity index (χ3v) is 5.97. The molecule has 0 unspecified atom stereocenters. The highest BCUT2D eigenvalue weighted by Crippen LogP contribution is 2.51. The molecule has 0 atom stereocenters. The van der Waals surface area contributed by atoms with E-state index in [0.29, 0.717) is 23.9 Å². The van der Waals surface area contributed by atoms with Crippen LogP contribution in [0.1, 0.15) is 37.8 Å². The van der Waals surface area contributed by atoms with Gasteiger partial charge < -0.3 is 5.73 Å². The van der Waals surface area contributed by atoms with Crippen LogP contribution in [0.5, 0.6) is 0 Å². The Hall–Kier alpha value is -0.910. The highest BCUT2D eigenvalue weighted by atomic mass is 32.2. The molecular weight excluding hydrogens is 272 g/mol. The van der Waals surface area contributed by atoms with E-state index >= 15 is 0 Å². The molecular formula is C15H24N2O2S. The van der Waals surface area contributed by atoms with Crippen molar-refractivity contribution in [3.63, 3.8) is 0 Å². The summed E-state index contributed by atoms with van der Waals surface area (Å²) >= 11 is 0. The lowest BCUT2D eigenvalue weighted by Crippen LogP contribution is -2.32. The summed E-state index contributed by atoms with van der Waals surface area (Å²) < 4.78 is 27.4. The Morgan fingerprint density at radius 1 is 1.35 bits per heavy atom. The quantitative estimate of drug-likeness (QED) is 0.845. The maximum atomic E-state index is 12.3. The van der Waals surface area contributed by atoms with Crippen LogP contribution in [-0.4, -0.2) is 15.0 Å². The molecule has 0 aliphatic heterocycles. The van der Waals surface area contributed by atoms with Gasteiger partial charge in [0.15, 0.2) is 0 Å². The number of aryl methyl sites for hydroxylation is 1. The first-order valence-corrected chi connectivity index (χ1v) is 8.58. The van der Waals surface area contributed by atoms with Crippen LogP contribution in [0.15, 0.2) is 23.1 Å². The van der Waals surface area contributed by atoms with Crippen molar-refractivity contribution in [2.24, 2.45) is 17.1 Å². The van der Waals surface area contributed by atoms with Crippen LogP contribution in [0.4, 0.5) is 0 Å². The Bertz CT molecular complexity index is 590. The zero-order valence-electron chi connectivity index (χ0n) is 12.4. The molecule has 0 aromatic heterocycles. The van der Waals surface area contributed by atoms with Crippen LogP contribution in [0.3, 0.4) is 0 Å². The van der Waals surface area contributed by atoms with Gasteiger partial charge in [0, 0.05) is 13.1 Å². The lowest BCUT2D eigenvalue weighted by atomic mass is 9.93. The highest BCUT2D eigenvalue weighted by Gasteiger charge is 2.45. The van der Waals surface area contributed by atoms with Gasteiger partial charge in [0.25, 0.3) is 0 Å². The second-order valence-electron chi connectivity index (χ2n) is 6.13. The first-order chi connectivity index (χ1) is 9.31. The van der Waals surface area contributed by atoms with Crippen LogP contribution in [0, 0.1) is 18.3 Å². The number of sulfonamides is 1. The maximum absolute atomic E-state index is 12.3. The number of rotatable bonds is 6. The molecule has 0 bridgehead atoms. The molecule has 0 amide bonds. The average Bonchev–Trinajstić information content (AvgIpc) is 3.17. The van der Waals surface area contributed by atoms with Gasteiger partial charge in [0.1, 0.15) is 0 Å². The molecule has 2 rings (SSSR count). The minimum atomic E-state index is -3.43. The summed E-state index contributed by atoms with van der Waals surface area (Å²) in [6, 6.07) is 5.12. The summed E-state index contributed by atoms with van der Waals surface area (Å²) in [5, 5.41) is 0. The first-order valence-electron chi connectivity index (χ1n) is 7.10. The maximum Gasteiger partial charge on any atom is 0.240 e. The molecule has 3 N–H and O–H groups in total. The van der Waals surface area contributed by atoms with Crippen molar-refractivity contribution in [1.82, 2.24) is 4.72 Å². The first kappa shape index (κ1) is 15.5. The van der Waals surface area contributed by atoms with Crippen LogP contribution in [0.2, 0.25) is 0 Å². The molecule has 1 aliphatic carbocycles. The Kier molecular flexibility index (Phi) is 4.23. The molecule has 1 aromatic rings. The van der Waals surface area contributed by atoms with Crippen LogP contribution < -0.4 is 10.5 Å². The van der Waals surface area contributed by atoms with Crippen molar-refractivity contribution in [1.29, 1.82) is 0 Å². The summed E-state index contributed by atoms with van der Waals surface area (Å²) in [6.07, 6.45) is 2.22. The van der Waals surface area contributed by atoms with E-state index in [1.54, 1.807) is 18.2 Å². The predicted molar refractivity (Wildman–Crippen MR) is 80.8 cm³/mol. The summed E-state index contributed by atoms with van der Waals surface area (Å²) in [4.78, 5) is 0.326. The monoisotopic (exact) mass is 296 g/mol. The summed E-state index contributed by atoms with van der Waals surface area (Å²) in [7, 11) is -3.43. The SMILES string of the molecule is Cc1cc(S(=O)(=O)NCC2(C(C)C)CC2)ccc1CN. The van der Waals surface area contributed by atoms with Gasteiger partial charge in [-0.2, -0.15) is 0 Å². The minimum absolute atomic E-state index is 0.166. The molecule has 4 nitrogen and oxygen atoms in total. The molecule has 1 aromatic carbocycles.